The van der Waals surface area contributed by atoms with Gasteiger partial charge in [-0.25, -0.2) is 0 Å². The first kappa shape index (κ1) is 19.3. The highest BCUT2D eigenvalue weighted by Gasteiger charge is 2.17. The molecule has 4 heteroatoms. The van der Waals surface area contributed by atoms with Crippen molar-refractivity contribution in [3.63, 3.8) is 0 Å². The van der Waals surface area contributed by atoms with Crippen LogP contribution in [0.2, 0.25) is 0 Å². The van der Waals surface area contributed by atoms with Crippen molar-refractivity contribution >= 4 is 28.1 Å². The third kappa shape index (κ3) is 3.66. The highest BCUT2D eigenvalue weighted by molar-refractivity contribution is 6.10. The number of unbranched alkanes of at least 4 members (excludes halogenated alkanes) is 1. The standard InChI is InChI=1S/C23H29NO3/c1-5-7-8-16(6-2)14-24-21-12-18(26-3)9-10-19(21)20-11-17(15-25)23(27-4)13-22(20)24/h9-13,15-16H,5-8,14H2,1-4H3. The number of aromatic nitrogens is 1. The number of carbonyl (C=O) groups excluding carboxylic acids is 1. The minimum atomic E-state index is 0.581. The summed E-state index contributed by atoms with van der Waals surface area (Å²) >= 11 is 0. The van der Waals surface area contributed by atoms with Gasteiger partial charge in [0.25, 0.3) is 0 Å². The highest BCUT2D eigenvalue weighted by atomic mass is 16.5. The number of benzene rings is 2. The molecule has 1 atom stereocenters. The van der Waals surface area contributed by atoms with Crippen molar-refractivity contribution in [3.8, 4) is 11.5 Å². The van der Waals surface area contributed by atoms with E-state index in [1.54, 1.807) is 14.2 Å². The largest absolute Gasteiger partial charge is 0.497 e. The fraction of sp³-hybridized carbons (Fsp3) is 0.435. The maximum Gasteiger partial charge on any atom is 0.153 e. The van der Waals surface area contributed by atoms with Crippen LogP contribution in [0.3, 0.4) is 0 Å². The van der Waals surface area contributed by atoms with Gasteiger partial charge in [0.2, 0.25) is 0 Å². The van der Waals surface area contributed by atoms with Gasteiger partial charge in [-0.2, -0.15) is 0 Å². The summed E-state index contributed by atoms with van der Waals surface area (Å²) < 4.78 is 13.3. The summed E-state index contributed by atoms with van der Waals surface area (Å²) in [5.74, 6) is 2.08. The Morgan fingerprint density at radius 1 is 1.04 bits per heavy atom. The molecule has 3 rings (SSSR count). The lowest BCUT2D eigenvalue weighted by Gasteiger charge is -2.18. The van der Waals surface area contributed by atoms with Crippen molar-refractivity contribution in [1.29, 1.82) is 0 Å². The molecule has 0 aliphatic rings. The van der Waals surface area contributed by atoms with Gasteiger partial charge in [-0.3, -0.25) is 4.79 Å². The number of ether oxygens (including phenoxy) is 2. The topological polar surface area (TPSA) is 40.5 Å². The number of aldehydes is 1. The lowest BCUT2D eigenvalue weighted by atomic mass is 9.99. The zero-order chi connectivity index (χ0) is 19.4. The first-order valence-corrected chi connectivity index (χ1v) is 9.79. The second-order valence-electron chi connectivity index (χ2n) is 7.14. The quantitative estimate of drug-likeness (QED) is 0.446. The number of fused-ring (bicyclic) bond motifs is 3. The zero-order valence-electron chi connectivity index (χ0n) is 16.7. The summed E-state index contributed by atoms with van der Waals surface area (Å²) in [5, 5.41) is 2.22. The molecule has 27 heavy (non-hydrogen) atoms. The average molecular weight is 367 g/mol. The second-order valence-corrected chi connectivity index (χ2v) is 7.14. The number of rotatable bonds is 9. The van der Waals surface area contributed by atoms with Crippen LogP contribution in [0.1, 0.15) is 49.9 Å². The molecule has 2 aromatic carbocycles. The minimum absolute atomic E-state index is 0.581. The van der Waals surface area contributed by atoms with E-state index in [-0.39, 0.29) is 0 Å². The van der Waals surface area contributed by atoms with Crippen LogP contribution < -0.4 is 9.47 Å². The molecule has 1 heterocycles. The molecule has 144 valence electrons. The summed E-state index contributed by atoms with van der Waals surface area (Å²) in [6, 6.07) is 10.1. The molecule has 1 unspecified atom stereocenters. The molecule has 0 amide bonds. The molecule has 0 fully saturated rings. The number of nitrogens with zero attached hydrogens (tertiary/aromatic N) is 1. The summed E-state index contributed by atoms with van der Waals surface area (Å²) in [4.78, 5) is 11.5. The Bertz CT molecular complexity index is 942. The summed E-state index contributed by atoms with van der Waals surface area (Å²) in [5.41, 5.74) is 2.83. The maximum absolute atomic E-state index is 11.5. The van der Waals surface area contributed by atoms with E-state index in [1.807, 2.05) is 18.2 Å². The van der Waals surface area contributed by atoms with Crippen LogP contribution in [-0.4, -0.2) is 25.1 Å². The molecule has 1 aromatic heterocycles. The molecule has 0 bridgehead atoms. The smallest absolute Gasteiger partial charge is 0.153 e. The molecule has 3 aromatic rings. The number of hydrogen-bond donors (Lipinski definition) is 0. The first-order valence-electron chi connectivity index (χ1n) is 9.79. The Hall–Kier alpha value is -2.49. The first-order chi connectivity index (χ1) is 13.2. The van der Waals surface area contributed by atoms with E-state index >= 15 is 0 Å². The minimum Gasteiger partial charge on any atom is -0.497 e. The van der Waals surface area contributed by atoms with Gasteiger partial charge >= 0.3 is 0 Å². The van der Waals surface area contributed by atoms with E-state index in [9.17, 15) is 4.79 Å². The summed E-state index contributed by atoms with van der Waals surface area (Å²) in [6.45, 7) is 5.46. The van der Waals surface area contributed by atoms with Crippen molar-refractivity contribution in [2.75, 3.05) is 14.2 Å². The Morgan fingerprint density at radius 3 is 2.44 bits per heavy atom. The van der Waals surface area contributed by atoms with Crippen LogP contribution in [0.15, 0.2) is 30.3 Å². The molecule has 0 aliphatic heterocycles. The van der Waals surface area contributed by atoms with Crippen LogP contribution in [0.25, 0.3) is 21.8 Å². The van der Waals surface area contributed by atoms with Gasteiger partial charge < -0.3 is 14.0 Å². The van der Waals surface area contributed by atoms with Gasteiger partial charge in [0.15, 0.2) is 6.29 Å². The Kier molecular flexibility index (Phi) is 6.04. The molecule has 0 saturated heterocycles. The molecule has 0 N–H and O–H groups in total. The van der Waals surface area contributed by atoms with Crippen LogP contribution in [0.4, 0.5) is 0 Å². The lowest BCUT2D eigenvalue weighted by molar-refractivity contribution is 0.112. The summed E-state index contributed by atoms with van der Waals surface area (Å²) in [6.07, 6.45) is 5.70. The van der Waals surface area contributed by atoms with Crippen molar-refractivity contribution in [3.05, 3.63) is 35.9 Å². The molecule has 0 spiro atoms. The zero-order valence-corrected chi connectivity index (χ0v) is 16.7. The third-order valence-electron chi connectivity index (χ3n) is 5.54. The van der Waals surface area contributed by atoms with E-state index in [4.69, 9.17) is 9.47 Å². The van der Waals surface area contributed by atoms with E-state index < -0.39 is 0 Å². The normalized spacial score (nSPS) is 12.4. The highest BCUT2D eigenvalue weighted by Crippen LogP contribution is 2.36. The molecule has 0 saturated carbocycles. The van der Waals surface area contributed by atoms with Crippen LogP contribution in [0.5, 0.6) is 11.5 Å². The number of hydrogen-bond acceptors (Lipinski definition) is 3. The van der Waals surface area contributed by atoms with Crippen LogP contribution in [-0.2, 0) is 6.54 Å². The number of carbonyl (C=O) groups is 1. The van der Waals surface area contributed by atoms with Gasteiger partial charge in [0.1, 0.15) is 11.5 Å². The van der Waals surface area contributed by atoms with Gasteiger partial charge in [0.05, 0.1) is 30.8 Å². The van der Waals surface area contributed by atoms with Gasteiger partial charge in [-0.05, 0) is 30.5 Å². The molecular formula is C23H29NO3. The summed E-state index contributed by atoms with van der Waals surface area (Å²) in [7, 11) is 3.30. The van der Waals surface area contributed by atoms with Crippen molar-refractivity contribution < 1.29 is 14.3 Å². The molecule has 0 aliphatic carbocycles. The fourth-order valence-electron chi connectivity index (χ4n) is 3.89. The number of methoxy groups -OCH3 is 2. The predicted molar refractivity (Wildman–Crippen MR) is 111 cm³/mol. The van der Waals surface area contributed by atoms with Gasteiger partial charge in [-0.1, -0.05) is 33.1 Å². The maximum atomic E-state index is 11.5. The van der Waals surface area contributed by atoms with E-state index in [1.165, 1.54) is 19.3 Å². The average Bonchev–Trinajstić information content (AvgIpc) is 3.01. The van der Waals surface area contributed by atoms with Crippen LogP contribution >= 0.6 is 0 Å². The Balaban J connectivity index is 2.24. The molecular weight excluding hydrogens is 338 g/mol. The second kappa shape index (κ2) is 8.47. The van der Waals surface area contributed by atoms with E-state index in [2.05, 4.69) is 30.5 Å². The van der Waals surface area contributed by atoms with E-state index in [0.717, 1.165) is 46.8 Å². The Labute approximate surface area is 161 Å². The lowest BCUT2D eigenvalue weighted by Crippen LogP contribution is -2.10. The molecule has 4 nitrogen and oxygen atoms in total. The third-order valence-corrected chi connectivity index (χ3v) is 5.54. The predicted octanol–water partition coefficient (Wildman–Crippen LogP) is 5.84. The SMILES string of the molecule is CCCCC(CC)Cn1c2cc(OC)ccc2c2cc(C=O)c(OC)cc21. The fourth-order valence-corrected chi connectivity index (χ4v) is 3.89. The van der Waals surface area contributed by atoms with Crippen molar-refractivity contribution in [2.45, 2.75) is 46.1 Å². The van der Waals surface area contributed by atoms with Crippen molar-refractivity contribution in [2.24, 2.45) is 5.92 Å². The van der Waals surface area contributed by atoms with Gasteiger partial charge in [0, 0.05) is 29.4 Å². The van der Waals surface area contributed by atoms with E-state index in [0.29, 0.717) is 17.2 Å². The van der Waals surface area contributed by atoms with Gasteiger partial charge in [-0.15, -0.1) is 0 Å². The Morgan fingerprint density at radius 2 is 1.81 bits per heavy atom. The monoisotopic (exact) mass is 367 g/mol. The molecule has 0 radical (unpaired) electrons. The van der Waals surface area contributed by atoms with Crippen LogP contribution in [0, 0.1) is 5.92 Å². The van der Waals surface area contributed by atoms with Crippen molar-refractivity contribution in [1.82, 2.24) is 4.57 Å².